The lowest BCUT2D eigenvalue weighted by Crippen LogP contribution is -1.97. The molecule has 2 aromatic rings. The molecule has 2 N–H and O–H groups in total. The Hall–Kier alpha value is -1.95. The maximum absolute atomic E-state index is 10.6. The summed E-state index contributed by atoms with van der Waals surface area (Å²) < 4.78 is 4.98. The molecule has 0 aliphatic rings. The van der Waals surface area contributed by atoms with Crippen molar-refractivity contribution in [2.24, 2.45) is 0 Å². The van der Waals surface area contributed by atoms with Gasteiger partial charge < -0.3 is 14.8 Å². The number of aromatic nitrogens is 1. The van der Waals surface area contributed by atoms with Crippen LogP contribution < -0.4 is 5.32 Å². The molecule has 2 rings (SSSR count). The Morgan fingerprint density at radius 2 is 2.12 bits per heavy atom. The van der Waals surface area contributed by atoms with Gasteiger partial charge >= 0.3 is 5.97 Å². The number of nitrogens with one attached hydrogen (secondary N) is 1. The van der Waals surface area contributed by atoms with E-state index in [4.69, 9.17) is 9.52 Å². The highest BCUT2D eigenvalue weighted by atomic mass is 32.2. The van der Waals surface area contributed by atoms with E-state index in [2.05, 4.69) is 10.3 Å². The summed E-state index contributed by atoms with van der Waals surface area (Å²) in [4.78, 5) is 15.5. The van der Waals surface area contributed by atoms with Gasteiger partial charge in [-0.1, -0.05) is 0 Å². The van der Waals surface area contributed by atoms with Gasteiger partial charge in [-0.3, -0.25) is 0 Å². The molecule has 1 aromatic heterocycles. The van der Waals surface area contributed by atoms with Crippen LogP contribution >= 0.6 is 11.8 Å². The first-order valence-electron chi connectivity index (χ1n) is 4.79. The van der Waals surface area contributed by atoms with E-state index in [0.717, 1.165) is 16.8 Å². The minimum atomic E-state index is -1.11. The molecule has 1 heterocycles. The quantitative estimate of drug-likeness (QED) is 0.813. The van der Waals surface area contributed by atoms with Crippen LogP contribution in [0.15, 0.2) is 39.8 Å². The van der Waals surface area contributed by atoms with Gasteiger partial charge in [0.1, 0.15) is 6.26 Å². The van der Waals surface area contributed by atoms with Gasteiger partial charge in [0, 0.05) is 10.6 Å². The highest BCUT2D eigenvalue weighted by Crippen LogP contribution is 2.20. The van der Waals surface area contributed by atoms with Crippen molar-refractivity contribution in [3.8, 4) is 0 Å². The number of rotatable bonds is 4. The van der Waals surface area contributed by atoms with Gasteiger partial charge in [-0.25, -0.2) is 4.79 Å². The topological polar surface area (TPSA) is 75.4 Å². The van der Waals surface area contributed by atoms with Crippen LogP contribution in [0.5, 0.6) is 0 Å². The SMILES string of the molecule is CSc1ccc(Nc2nc(C(=O)O)co2)cc1. The number of thioether (sulfide) groups is 1. The number of carboxylic acids is 1. The first kappa shape index (κ1) is 11.5. The molecule has 0 spiro atoms. The number of benzene rings is 1. The number of aromatic carboxylic acids is 1. The fourth-order valence-corrected chi connectivity index (χ4v) is 1.64. The number of nitrogens with zero attached hydrogens (tertiary/aromatic N) is 1. The van der Waals surface area contributed by atoms with Crippen LogP contribution in [0.4, 0.5) is 11.7 Å². The van der Waals surface area contributed by atoms with Gasteiger partial charge in [0.2, 0.25) is 0 Å². The third-order valence-electron chi connectivity index (χ3n) is 2.06. The monoisotopic (exact) mass is 250 g/mol. The minimum absolute atomic E-state index is 0.117. The zero-order chi connectivity index (χ0) is 12.3. The maximum atomic E-state index is 10.6. The van der Waals surface area contributed by atoms with Gasteiger partial charge in [0.15, 0.2) is 5.69 Å². The van der Waals surface area contributed by atoms with Crippen LogP contribution in [-0.4, -0.2) is 22.3 Å². The van der Waals surface area contributed by atoms with Crippen molar-refractivity contribution in [3.05, 3.63) is 36.2 Å². The Morgan fingerprint density at radius 1 is 1.41 bits per heavy atom. The second-order valence-corrected chi connectivity index (χ2v) is 4.08. The Balaban J connectivity index is 2.11. The molecule has 0 unspecified atom stereocenters. The first-order chi connectivity index (χ1) is 8.19. The van der Waals surface area contributed by atoms with Crippen molar-refractivity contribution >= 4 is 29.4 Å². The Morgan fingerprint density at radius 3 is 2.65 bits per heavy atom. The highest BCUT2D eigenvalue weighted by molar-refractivity contribution is 7.98. The van der Waals surface area contributed by atoms with E-state index in [1.54, 1.807) is 11.8 Å². The average molecular weight is 250 g/mol. The Bertz CT molecular complexity index is 522. The molecule has 0 bridgehead atoms. The van der Waals surface area contributed by atoms with E-state index in [-0.39, 0.29) is 11.7 Å². The Kier molecular flexibility index (Phi) is 3.34. The molecule has 0 aliphatic carbocycles. The number of anilines is 2. The van der Waals surface area contributed by atoms with E-state index < -0.39 is 5.97 Å². The van der Waals surface area contributed by atoms with Crippen molar-refractivity contribution in [2.75, 3.05) is 11.6 Å². The lowest BCUT2D eigenvalue weighted by atomic mass is 10.3. The minimum Gasteiger partial charge on any atom is -0.476 e. The molecule has 5 nitrogen and oxygen atoms in total. The summed E-state index contributed by atoms with van der Waals surface area (Å²) in [5.41, 5.74) is 0.676. The zero-order valence-corrected chi connectivity index (χ0v) is 9.82. The molecule has 17 heavy (non-hydrogen) atoms. The lowest BCUT2D eigenvalue weighted by molar-refractivity contribution is 0.0690. The van der Waals surface area contributed by atoms with Gasteiger partial charge in [-0.05, 0) is 30.5 Å². The molecule has 0 fully saturated rings. The number of carbonyl (C=O) groups is 1. The van der Waals surface area contributed by atoms with Crippen LogP contribution in [0.2, 0.25) is 0 Å². The lowest BCUT2D eigenvalue weighted by Gasteiger charge is -2.01. The third kappa shape index (κ3) is 2.79. The second kappa shape index (κ2) is 4.92. The van der Waals surface area contributed by atoms with Crippen molar-refractivity contribution in [1.29, 1.82) is 0 Å². The van der Waals surface area contributed by atoms with E-state index in [9.17, 15) is 4.79 Å². The van der Waals surface area contributed by atoms with Crippen LogP contribution in [0.3, 0.4) is 0 Å². The maximum Gasteiger partial charge on any atom is 0.357 e. The van der Waals surface area contributed by atoms with Crippen LogP contribution in [0.25, 0.3) is 0 Å². The van der Waals surface area contributed by atoms with E-state index in [1.165, 1.54) is 0 Å². The molecule has 88 valence electrons. The van der Waals surface area contributed by atoms with Gasteiger partial charge in [0.25, 0.3) is 6.01 Å². The van der Waals surface area contributed by atoms with Crippen molar-refractivity contribution in [1.82, 2.24) is 4.98 Å². The molecule has 0 aliphatic heterocycles. The molecule has 0 radical (unpaired) electrons. The molecule has 1 aromatic carbocycles. The van der Waals surface area contributed by atoms with Crippen LogP contribution in [0.1, 0.15) is 10.5 Å². The molecule has 0 saturated carbocycles. The second-order valence-electron chi connectivity index (χ2n) is 3.20. The van der Waals surface area contributed by atoms with Crippen LogP contribution in [-0.2, 0) is 0 Å². The summed E-state index contributed by atoms with van der Waals surface area (Å²) in [5, 5.41) is 11.6. The van der Waals surface area contributed by atoms with Gasteiger partial charge in [-0.15, -0.1) is 11.8 Å². The van der Waals surface area contributed by atoms with E-state index in [0.29, 0.717) is 0 Å². The predicted molar refractivity (Wildman–Crippen MR) is 65.0 cm³/mol. The van der Waals surface area contributed by atoms with Crippen molar-refractivity contribution in [3.63, 3.8) is 0 Å². The smallest absolute Gasteiger partial charge is 0.357 e. The molecule has 0 atom stereocenters. The summed E-state index contributed by atoms with van der Waals surface area (Å²) in [6.07, 6.45) is 3.09. The number of oxazole rings is 1. The summed E-state index contributed by atoms with van der Waals surface area (Å²) in [6.45, 7) is 0. The summed E-state index contributed by atoms with van der Waals surface area (Å²) >= 11 is 1.65. The van der Waals surface area contributed by atoms with Gasteiger partial charge in [0.05, 0.1) is 0 Å². The van der Waals surface area contributed by atoms with Crippen LogP contribution in [0, 0.1) is 0 Å². The fourth-order valence-electron chi connectivity index (χ4n) is 1.23. The third-order valence-corrected chi connectivity index (χ3v) is 2.81. The normalized spacial score (nSPS) is 10.2. The number of carboxylic acid groups (broad SMARTS) is 1. The molecular formula is C11H10N2O3S. The van der Waals surface area contributed by atoms with E-state index in [1.807, 2.05) is 30.5 Å². The summed E-state index contributed by atoms with van der Waals surface area (Å²) in [6, 6.07) is 7.81. The summed E-state index contributed by atoms with van der Waals surface area (Å²) in [7, 11) is 0. The van der Waals surface area contributed by atoms with Crippen molar-refractivity contribution < 1.29 is 14.3 Å². The molecular weight excluding hydrogens is 240 g/mol. The summed E-state index contributed by atoms with van der Waals surface area (Å²) in [5.74, 6) is -1.11. The zero-order valence-electron chi connectivity index (χ0n) is 9.01. The van der Waals surface area contributed by atoms with Gasteiger partial charge in [-0.2, -0.15) is 4.98 Å². The molecule has 0 amide bonds. The largest absolute Gasteiger partial charge is 0.476 e. The van der Waals surface area contributed by atoms with E-state index >= 15 is 0 Å². The number of hydrogen-bond donors (Lipinski definition) is 2. The average Bonchev–Trinajstić information content (AvgIpc) is 2.79. The molecule has 6 heteroatoms. The Labute approximate surface area is 102 Å². The highest BCUT2D eigenvalue weighted by Gasteiger charge is 2.10. The molecule has 0 saturated heterocycles. The standard InChI is InChI=1S/C11H10N2O3S/c1-17-8-4-2-7(3-5-8)12-11-13-9(6-16-11)10(14)15/h2-6H,1H3,(H,12,13)(H,14,15). The fraction of sp³-hybridized carbons (Fsp3) is 0.0909. The number of hydrogen-bond acceptors (Lipinski definition) is 5. The van der Waals surface area contributed by atoms with Crippen molar-refractivity contribution in [2.45, 2.75) is 4.90 Å². The first-order valence-corrected chi connectivity index (χ1v) is 6.01. The predicted octanol–water partition coefficient (Wildman–Crippen LogP) is 2.84.